The van der Waals surface area contributed by atoms with Gasteiger partial charge in [-0.1, -0.05) is 19.4 Å². The highest BCUT2D eigenvalue weighted by atomic mass is 32.2. The molecule has 0 bridgehead atoms. The van der Waals surface area contributed by atoms with Gasteiger partial charge in [-0.25, -0.2) is 17.9 Å². The Hall–Kier alpha value is -1.97. The first-order chi connectivity index (χ1) is 11.7. The Bertz CT molecular complexity index is 717. The minimum absolute atomic E-state index is 0.0679. The lowest BCUT2D eigenvalue weighted by Gasteiger charge is -2.15. The molecule has 0 heterocycles. The first-order valence-corrected chi connectivity index (χ1v) is 9.34. The second-order valence-electron chi connectivity index (χ2n) is 5.52. The molecular weight excluding hydrogens is 348 g/mol. The first-order valence-electron chi connectivity index (χ1n) is 7.85. The van der Waals surface area contributed by atoms with Crippen LogP contribution in [0.15, 0.2) is 23.1 Å². The van der Waals surface area contributed by atoms with Crippen molar-refractivity contribution < 1.29 is 27.9 Å². The molecule has 0 spiro atoms. The van der Waals surface area contributed by atoms with Crippen molar-refractivity contribution in [2.75, 3.05) is 20.3 Å². The standard InChI is InChI=1S/C16H24N2O6S/c1-4-5-14(16(20)21)18-15(19)13-10-12(7-6-11(13)2)25(22,23)17-8-9-24-3/h6-7,10,14,17H,4-5,8-9H2,1-3H3,(H,18,19)(H,20,21). The van der Waals surface area contributed by atoms with Crippen LogP contribution in [0.1, 0.15) is 35.7 Å². The summed E-state index contributed by atoms with van der Waals surface area (Å²) in [6.45, 7) is 3.78. The van der Waals surface area contributed by atoms with Crippen LogP contribution < -0.4 is 10.0 Å². The van der Waals surface area contributed by atoms with E-state index in [-0.39, 0.29) is 30.0 Å². The van der Waals surface area contributed by atoms with Gasteiger partial charge >= 0.3 is 5.97 Å². The molecule has 1 atom stereocenters. The summed E-state index contributed by atoms with van der Waals surface area (Å²) in [5.74, 6) is -1.75. The Kier molecular flexibility index (Phi) is 8.01. The van der Waals surface area contributed by atoms with Gasteiger partial charge in [0.05, 0.1) is 11.5 Å². The third-order valence-corrected chi connectivity index (χ3v) is 5.00. The van der Waals surface area contributed by atoms with Crippen molar-refractivity contribution in [2.45, 2.75) is 37.6 Å². The Labute approximate surface area is 147 Å². The number of amides is 1. The van der Waals surface area contributed by atoms with Crippen molar-refractivity contribution in [1.29, 1.82) is 0 Å². The minimum atomic E-state index is -3.79. The molecule has 0 aliphatic heterocycles. The molecule has 8 nitrogen and oxygen atoms in total. The van der Waals surface area contributed by atoms with Crippen molar-refractivity contribution in [1.82, 2.24) is 10.0 Å². The normalized spacial score (nSPS) is 12.6. The van der Waals surface area contributed by atoms with Gasteiger partial charge in [-0.2, -0.15) is 0 Å². The van der Waals surface area contributed by atoms with Crippen LogP contribution in [0.3, 0.4) is 0 Å². The summed E-state index contributed by atoms with van der Waals surface area (Å²) in [6.07, 6.45) is 0.880. The van der Waals surface area contributed by atoms with E-state index in [1.54, 1.807) is 6.92 Å². The van der Waals surface area contributed by atoms with Crippen molar-refractivity contribution >= 4 is 21.9 Å². The first kappa shape index (κ1) is 21.1. The Morgan fingerprint density at radius 3 is 2.56 bits per heavy atom. The van der Waals surface area contributed by atoms with Crippen LogP contribution >= 0.6 is 0 Å². The van der Waals surface area contributed by atoms with Gasteiger partial charge < -0.3 is 15.2 Å². The van der Waals surface area contributed by atoms with Gasteiger partial charge in [0.15, 0.2) is 0 Å². The van der Waals surface area contributed by atoms with Gasteiger partial charge in [0.25, 0.3) is 5.91 Å². The Morgan fingerprint density at radius 1 is 1.32 bits per heavy atom. The SMILES string of the molecule is CCCC(NC(=O)c1cc(S(=O)(=O)NCCOC)ccc1C)C(=O)O. The van der Waals surface area contributed by atoms with Crippen LogP contribution in [0, 0.1) is 6.92 Å². The van der Waals surface area contributed by atoms with Crippen molar-refractivity contribution in [3.63, 3.8) is 0 Å². The summed E-state index contributed by atoms with van der Waals surface area (Å²) in [7, 11) is -2.33. The molecule has 3 N–H and O–H groups in total. The number of hydrogen-bond acceptors (Lipinski definition) is 5. The molecule has 25 heavy (non-hydrogen) atoms. The average Bonchev–Trinajstić information content (AvgIpc) is 2.54. The molecule has 0 radical (unpaired) electrons. The number of aliphatic carboxylic acids is 1. The molecule has 0 aliphatic carbocycles. The smallest absolute Gasteiger partial charge is 0.326 e. The van der Waals surface area contributed by atoms with Crippen LogP contribution in [0.4, 0.5) is 0 Å². The van der Waals surface area contributed by atoms with Gasteiger partial charge in [-0.15, -0.1) is 0 Å². The molecule has 1 unspecified atom stereocenters. The molecule has 1 amide bonds. The fourth-order valence-corrected chi connectivity index (χ4v) is 3.20. The highest BCUT2D eigenvalue weighted by Crippen LogP contribution is 2.16. The number of ether oxygens (including phenoxy) is 1. The molecule has 1 aromatic rings. The summed E-state index contributed by atoms with van der Waals surface area (Å²) in [5, 5.41) is 11.6. The fourth-order valence-electron chi connectivity index (χ4n) is 2.16. The predicted octanol–water partition coefficient (Wildman–Crippen LogP) is 0.903. The molecular formula is C16H24N2O6S. The van der Waals surface area contributed by atoms with Crippen LogP contribution in [0.25, 0.3) is 0 Å². The topological polar surface area (TPSA) is 122 Å². The lowest BCUT2D eigenvalue weighted by molar-refractivity contribution is -0.139. The van der Waals surface area contributed by atoms with E-state index in [0.717, 1.165) is 0 Å². The highest BCUT2D eigenvalue weighted by molar-refractivity contribution is 7.89. The van der Waals surface area contributed by atoms with Crippen LogP contribution in [-0.4, -0.2) is 51.7 Å². The van der Waals surface area contributed by atoms with E-state index >= 15 is 0 Å². The maximum Gasteiger partial charge on any atom is 0.326 e. The summed E-state index contributed by atoms with van der Waals surface area (Å²) in [5.41, 5.74) is 0.672. The van der Waals surface area contributed by atoms with Gasteiger partial charge in [0, 0.05) is 19.2 Å². The summed E-state index contributed by atoms with van der Waals surface area (Å²) in [4.78, 5) is 23.5. The second-order valence-corrected chi connectivity index (χ2v) is 7.29. The number of benzene rings is 1. The zero-order valence-electron chi connectivity index (χ0n) is 14.5. The number of carboxylic acids is 1. The van der Waals surface area contributed by atoms with Crippen LogP contribution in [0.5, 0.6) is 0 Å². The third kappa shape index (κ3) is 6.11. The summed E-state index contributed by atoms with van der Waals surface area (Å²) >= 11 is 0. The zero-order valence-corrected chi connectivity index (χ0v) is 15.4. The van der Waals surface area contributed by atoms with E-state index < -0.39 is 27.9 Å². The van der Waals surface area contributed by atoms with E-state index in [1.807, 2.05) is 6.92 Å². The number of nitrogens with one attached hydrogen (secondary N) is 2. The lowest BCUT2D eigenvalue weighted by atomic mass is 10.1. The van der Waals surface area contributed by atoms with E-state index in [1.165, 1.54) is 25.3 Å². The van der Waals surface area contributed by atoms with Crippen molar-refractivity contribution in [3.05, 3.63) is 29.3 Å². The van der Waals surface area contributed by atoms with E-state index in [0.29, 0.717) is 12.0 Å². The van der Waals surface area contributed by atoms with Gasteiger partial charge in [-0.3, -0.25) is 4.79 Å². The number of rotatable bonds is 10. The summed E-state index contributed by atoms with van der Waals surface area (Å²) < 4.78 is 31.6. The monoisotopic (exact) mass is 372 g/mol. The number of aryl methyl sites for hydroxylation is 1. The number of carboxylic acid groups (broad SMARTS) is 1. The average molecular weight is 372 g/mol. The maximum atomic E-state index is 12.4. The molecule has 0 fully saturated rings. The number of sulfonamides is 1. The fraction of sp³-hybridized carbons (Fsp3) is 0.500. The number of methoxy groups -OCH3 is 1. The molecule has 1 aromatic carbocycles. The van der Waals surface area contributed by atoms with Crippen molar-refractivity contribution in [2.24, 2.45) is 0 Å². The predicted molar refractivity (Wildman–Crippen MR) is 92.0 cm³/mol. The van der Waals surface area contributed by atoms with Crippen molar-refractivity contribution in [3.8, 4) is 0 Å². The molecule has 1 rings (SSSR count). The number of carbonyl (C=O) groups is 2. The largest absolute Gasteiger partial charge is 0.480 e. The van der Waals surface area contributed by atoms with E-state index in [9.17, 15) is 18.0 Å². The zero-order chi connectivity index (χ0) is 19.0. The molecule has 0 saturated carbocycles. The number of hydrogen-bond donors (Lipinski definition) is 3. The maximum absolute atomic E-state index is 12.4. The molecule has 9 heteroatoms. The van der Waals surface area contributed by atoms with Crippen LogP contribution in [0.2, 0.25) is 0 Å². The second kappa shape index (κ2) is 9.50. The lowest BCUT2D eigenvalue weighted by Crippen LogP contribution is -2.41. The quantitative estimate of drug-likeness (QED) is 0.525. The molecule has 140 valence electrons. The Morgan fingerprint density at radius 2 is 2.00 bits per heavy atom. The minimum Gasteiger partial charge on any atom is -0.480 e. The molecule has 0 saturated heterocycles. The highest BCUT2D eigenvalue weighted by Gasteiger charge is 2.22. The molecule has 0 aromatic heterocycles. The van der Waals surface area contributed by atoms with Crippen LogP contribution in [-0.2, 0) is 19.6 Å². The molecule has 0 aliphatic rings. The van der Waals surface area contributed by atoms with E-state index in [4.69, 9.17) is 9.84 Å². The van der Waals surface area contributed by atoms with Gasteiger partial charge in [0.2, 0.25) is 10.0 Å². The van der Waals surface area contributed by atoms with Gasteiger partial charge in [-0.05, 0) is 31.0 Å². The third-order valence-electron chi connectivity index (χ3n) is 3.54. The van der Waals surface area contributed by atoms with Gasteiger partial charge in [0.1, 0.15) is 6.04 Å². The number of carbonyl (C=O) groups excluding carboxylic acids is 1. The summed E-state index contributed by atoms with van der Waals surface area (Å²) in [6, 6.07) is 3.12. The van der Waals surface area contributed by atoms with E-state index in [2.05, 4.69) is 10.0 Å². The Balaban J connectivity index is 3.04.